The summed E-state index contributed by atoms with van der Waals surface area (Å²) in [6.07, 6.45) is 7.11. The van der Waals surface area contributed by atoms with Crippen LogP contribution in [0.25, 0.3) is 0 Å². The zero-order valence-electron chi connectivity index (χ0n) is 10.7. The van der Waals surface area contributed by atoms with Crippen LogP contribution in [0.3, 0.4) is 0 Å². The van der Waals surface area contributed by atoms with Crippen LogP contribution in [0, 0.1) is 4.77 Å². The number of rotatable bonds is 3. The molecule has 0 saturated carbocycles. The number of furan rings is 1. The predicted molar refractivity (Wildman–Crippen MR) is 74.7 cm³/mol. The Bertz CT molecular complexity index is 587. The van der Waals surface area contributed by atoms with Crippen molar-refractivity contribution in [2.24, 2.45) is 0 Å². The van der Waals surface area contributed by atoms with Crippen LogP contribution in [-0.4, -0.2) is 27.6 Å². The normalized spacial score (nSPS) is 15.7. The summed E-state index contributed by atoms with van der Waals surface area (Å²) in [7, 11) is 0. The molecule has 0 spiro atoms. The van der Waals surface area contributed by atoms with E-state index in [0.29, 0.717) is 11.3 Å². The van der Waals surface area contributed by atoms with Gasteiger partial charge in [0.15, 0.2) is 0 Å². The second kappa shape index (κ2) is 5.52. The van der Waals surface area contributed by atoms with Crippen molar-refractivity contribution in [3.05, 3.63) is 35.3 Å². The van der Waals surface area contributed by atoms with E-state index in [-0.39, 0.29) is 0 Å². The zero-order valence-corrected chi connectivity index (χ0v) is 11.5. The lowest BCUT2D eigenvalue weighted by Crippen LogP contribution is -2.31. The number of hydrogen-bond acceptors (Lipinski definition) is 5. The molecule has 0 amide bonds. The Hall–Kier alpha value is -1.69. The molecule has 19 heavy (non-hydrogen) atoms. The highest BCUT2D eigenvalue weighted by molar-refractivity contribution is 7.71. The number of piperidine rings is 1. The van der Waals surface area contributed by atoms with Crippen molar-refractivity contribution in [2.45, 2.75) is 25.8 Å². The summed E-state index contributed by atoms with van der Waals surface area (Å²) >= 11 is 5.33. The third-order valence-electron chi connectivity index (χ3n) is 3.30. The molecule has 5 nitrogen and oxygen atoms in total. The van der Waals surface area contributed by atoms with Crippen LogP contribution in [0.5, 0.6) is 0 Å². The molecule has 2 aromatic heterocycles. The molecule has 0 atom stereocenters. The van der Waals surface area contributed by atoms with Gasteiger partial charge in [-0.2, -0.15) is 4.98 Å². The Morgan fingerprint density at radius 3 is 2.79 bits per heavy atom. The fourth-order valence-electron chi connectivity index (χ4n) is 2.27. The van der Waals surface area contributed by atoms with E-state index in [4.69, 9.17) is 16.6 Å². The number of anilines is 1. The monoisotopic (exact) mass is 276 g/mol. The van der Waals surface area contributed by atoms with Crippen molar-refractivity contribution in [1.82, 2.24) is 14.5 Å². The van der Waals surface area contributed by atoms with Crippen LogP contribution >= 0.6 is 12.2 Å². The van der Waals surface area contributed by atoms with Gasteiger partial charge in [-0.3, -0.25) is 4.57 Å². The summed E-state index contributed by atoms with van der Waals surface area (Å²) in [5.74, 6) is 1.60. The van der Waals surface area contributed by atoms with Crippen LogP contribution < -0.4 is 4.90 Å². The molecule has 1 aliphatic heterocycles. The van der Waals surface area contributed by atoms with Gasteiger partial charge in [-0.15, -0.1) is 0 Å². The third-order valence-corrected chi connectivity index (χ3v) is 3.62. The van der Waals surface area contributed by atoms with E-state index in [0.717, 1.165) is 24.8 Å². The molecule has 100 valence electrons. The molecule has 0 aliphatic carbocycles. The molecule has 1 fully saturated rings. The van der Waals surface area contributed by atoms with Crippen LogP contribution in [0.2, 0.25) is 0 Å². The van der Waals surface area contributed by atoms with Crippen molar-refractivity contribution in [3.63, 3.8) is 0 Å². The minimum absolute atomic E-state index is 0.548. The molecular weight excluding hydrogens is 260 g/mol. The second-order valence-electron chi connectivity index (χ2n) is 4.69. The lowest BCUT2D eigenvalue weighted by Gasteiger charge is -2.26. The molecule has 0 N–H and O–H groups in total. The number of aromatic nitrogens is 3. The summed E-state index contributed by atoms with van der Waals surface area (Å²) in [5, 5.41) is 0. The van der Waals surface area contributed by atoms with Crippen molar-refractivity contribution in [2.75, 3.05) is 18.0 Å². The van der Waals surface area contributed by atoms with Crippen molar-refractivity contribution in [1.29, 1.82) is 0 Å². The van der Waals surface area contributed by atoms with Gasteiger partial charge in [0.25, 0.3) is 0 Å². The summed E-state index contributed by atoms with van der Waals surface area (Å²) in [6, 6.07) is 3.78. The van der Waals surface area contributed by atoms with Crippen LogP contribution in [0.15, 0.2) is 29.1 Å². The first-order valence-electron chi connectivity index (χ1n) is 6.54. The Balaban J connectivity index is 1.79. The molecular formula is C13H16N4OS. The summed E-state index contributed by atoms with van der Waals surface area (Å²) in [5.41, 5.74) is 0. The van der Waals surface area contributed by atoms with Gasteiger partial charge < -0.3 is 9.32 Å². The van der Waals surface area contributed by atoms with Crippen LogP contribution in [0.1, 0.15) is 25.0 Å². The SMILES string of the molecule is S=c1nc(N2CCCCC2)ncn1Cc1ccco1. The van der Waals surface area contributed by atoms with Crippen LogP contribution in [-0.2, 0) is 6.54 Å². The first-order valence-corrected chi connectivity index (χ1v) is 6.94. The summed E-state index contributed by atoms with van der Waals surface area (Å²) in [4.78, 5) is 11.0. The highest BCUT2D eigenvalue weighted by Crippen LogP contribution is 2.15. The van der Waals surface area contributed by atoms with E-state index in [1.165, 1.54) is 19.3 Å². The maximum Gasteiger partial charge on any atom is 0.229 e. The summed E-state index contributed by atoms with van der Waals surface area (Å²) < 4.78 is 7.68. The minimum atomic E-state index is 0.548. The van der Waals surface area contributed by atoms with Gasteiger partial charge in [-0.25, -0.2) is 4.98 Å². The molecule has 1 aliphatic rings. The topological polar surface area (TPSA) is 47.1 Å². The van der Waals surface area contributed by atoms with Crippen molar-refractivity contribution in [3.8, 4) is 0 Å². The van der Waals surface area contributed by atoms with Crippen LogP contribution in [0.4, 0.5) is 5.95 Å². The van der Waals surface area contributed by atoms with Gasteiger partial charge in [0.2, 0.25) is 10.7 Å². The fourth-order valence-corrected chi connectivity index (χ4v) is 2.47. The Morgan fingerprint density at radius 1 is 1.26 bits per heavy atom. The summed E-state index contributed by atoms with van der Waals surface area (Å²) in [6.45, 7) is 2.63. The minimum Gasteiger partial charge on any atom is -0.467 e. The van der Waals surface area contributed by atoms with E-state index >= 15 is 0 Å². The second-order valence-corrected chi connectivity index (χ2v) is 5.06. The maximum atomic E-state index is 5.33. The lowest BCUT2D eigenvalue weighted by atomic mass is 10.1. The quantitative estimate of drug-likeness (QED) is 0.807. The van der Waals surface area contributed by atoms with E-state index in [1.807, 2.05) is 16.7 Å². The van der Waals surface area contributed by atoms with E-state index in [1.54, 1.807) is 12.6 Å². The van der Waals surface area contributed by atoms with Gasteiger partial charge in [0.1, 0.15) is 12.1 Å². The molecule has 3 heterocycles. The highest BCUT2D eigenvalue weighted by atomic mass is 32.1. The maximum absolute atomic E-state index is 5.33. The number of nitrogens with zero attached hydrogens (tertiary/aromatic N) is 4. The fraction of sp³-hybridized carbons (Fsp3) is 0.462. The Morgan fingerprint density at radius 2 is 2.11 bits per heavy atom. The van der Waals surface area contributed by atoms with Gasteiger partial charge in [-0.1, -0.05) is 0 Å². The molecule has 0 bridgehead atoms. The Labute approximate surface area is 116 Å². The third kappa shape index (κ3) is 2.84. The van der Waals surface area contributed by atoms with Gasteiger partial charge in [0.05, 0.1) is 12.8 Å². The Kier molecular flexibility index (Phi) is 3.59. The van der Waals surface area contributed by atoms with Gasteiger partial charge in [0, 0.05) is 13.1 Å². The van der Waals surface area contributed by atoms with Gasteiger partial charge >= 0.3 is 0 Å². The highest BCUT2D eigenvalue weighted by Gasteiger charge is 2.13. The first-order chi connectivity index (χ1) is 9.33. The van der Waals surface area contributed by atoms with Crippen molar-refractivity contribution >= 4 is 18.2 Å². The van der Waals surface area contributed by atoms with E-state index in [2.05, 4.69) is 14.9 Å². The number of hydrogen-bond donors (Lipinski definition) is 0. The largest absolute Gasteiger partial charge is 0.467 e. The molecule has 2 aromatic rings. The zero-order chi connectivity index (χ0) is 13.1. The van der Waals surface area contributed by atoms with Gasteiger partial charge in [-0.05, 0) is 43.6 Å². The van der Waals surface area contributed by atoms with E-state index < -0.39 is 0 Å². The lowest BCUT2D eigenvalue weighted by molar-refractivity contribution is 0.486. The average Bonchev–Trinajstić information content (AvgIpc) is 2.95. The molecule has 0 unspecified atom stereocenters. The average molecular weight is 276 g/mol. The molecule has 3 rings (SSSR count). The predicted octanol–water partition coefficient (Wildman–Crippen LogP) is 2.64. The van der Waals surface area contributed by atoms with Crippen molar-refractivity contribution < 1.29 is 4.42 Å². The molecule has 1 saturated heterocycles. The standard InChI is InChI=1S/C13H16N4OS/c19-13-15-12(16-6-2-1-3-7-16)14-10-17(13)9-11-5-4-8-18-11/h4-5,8,10H,1-3,6-7,9H2. The molecule has 0 aromatic carbocycles. The van der Waals surface area contributed by atoms with E-state index in [9.17, 15) is 0 Å². The molecule has 6 heteroatoms. The molecule has 0 radical (unpaired) electrons. The first kappa shape index (κ1) is 12.3. The smallest absolute Gasteiger partial charge is 0.229 e.